The van der Waals surface area contributed by atoms with E-state index in [9.17, 15) is 4.39 Å². The zero-order valence-electron chi connectivity index (χ0n) is 9.18. The highest BCUT2D eigenvalue weighted by Crippen LogP contribution is 2.15. The van der Waals surface area contributed by atoms with Crippen LogP contribution in [-0.4, -0.2) is 20.4 Å². The lowest BCUT2D eigenvalue weighted by Gasteiger charge is -2.04. The lowest BCUT2D eigenvalue weighted by Crippen LogP contribution is -1.99. The van der Waals surface area contributed by atoms with Crippen LogP contribution < -0.4 is 4.74 Å². The van der Waals surface area contributed by atoms with Crippen molar-refractivity contribution in [3.8, 4) is 17.6 Å². The van der Waals surface area contributed by atoms with E-state index < -0.39 is 5.82 Å². The molecule has 0 saturated heterocycles. The van der Waals surface area contributed by atoms with Gasteiger partial charge in [-0.2, -0.15) is 0 Å². The molecule has 0 saturated carbocycles. The molecule has 0 N–H and O–H groups in total. The van der Waals surface area contributed by atoms with Gasteiger partial charge in [-0.25, -0.2) is 4.39 Å². The SMILES string of the molecule is COCOc1ccc(C#CCN=[N+]=[N-])c(F)c1. The molecule has 0 bridgehead atoms. The smallest absolute Gasteiger partial charge is 0.188 e. The summed E-state index contributed by atoms with van der Waals surface area (Å²) >= 11 is 0. The van der Waals surface area contributed by atoms with Gasteiger partial charge in [0, 0.05) is 18.1 Å². The zero-order valence-corrected chi connectivity index (χ0v) is 9.18. The van der Waals surface area contributed by atoms with Gasteiger partial charge in [0.05, 0.1) is 12.1 Å². The number of halogens is 1. The van der Waals surface area contributed by atoms with Gasteiger partial charge in [-0.1, -0.05) is 17.0 Å². The van der Waals surface area contributed by atoms with Crippen molar-refractivity contribution in [1.29, 1.82) is 0 Å². The van der Waals surface area contributed by atoms with Crippen LogP contribution in [0.1, 0.15) is 5.56 Å². The van der Waals surface area contributed by atoms with Gasteiger partial charge in [-0.3, -0.25) is 0 Å². The van der Waals surface area contributed by atoms with Crippen molar-refractivity contribution in [2.45, 2.75) is 0 Å². The summed E-state index contributed by atoms with van der Waals surface area (Å²) in [6.45, 7) is 0.0687. The highest BCUT2D eigenvalue weighted by atomic mass is 19.1. The summed E-state index contributed by atoms with van der Waals surface area (Å²) in [7, 11) is 1.48. The van der Waals surface area contributed by atoms with Gasteiger partial charge in [-0.15, -0.1) is 0 Å². The molecular weight excluding hydrogens is 225 g/mol. The maximum absolute atomic E-state index is 13.5. The number of nitrogens with zero attached hydrogens (tertiary/aromatic N) is 3. The first kappa shape index (κ1) is 12.8. The van der Waals surface area contributed by atoms with Gasteiger partial charge >= 0.3 is 0 Å². The first-order valence-corrected chi connectivity index (χ1v) is 4.69. The number of benzene rings is 1. The molecule has 0 amide bonds. The molecule has 5 nitrogen and oxygen atoms in total. The highest BCUT2D eigenvalue weighted by Gasteiger charge is 2.01. The third-order valence-corrected chi connectivity index (χ3v) is 1.72. The molecule has 1 aromatic rings. The Kier molecular flexibility index (Phi) is 5.38. The van der Waals surface area contributed by atoms with E-state index in [4.69, 9.17) is 10.3 Å². The Hall–Kier alpha value is -2.22. The summed E-state index contributed by atoms with van der Waals surface area (Å²) in [4.78, 5) is 2.53. The van der Waals surface area contributed by atoms with Gasteiger partial charge in [-0.05, 0) is 17.7 Å². The monoisotopic (exact) mass is 235 g/mol. The first-order chi connectivity index (χ1) is 8.27. The number of hydrogen-bond donors (Lipinski definition) is 0. The van der Waals surface area contributed by atoms with Gasteiger partial charge in [0.1, 0.15) is 11.6 Å². The lowest BCUT2D eigenvalue weighted by atomic mass is 10.2. The summed E-state index contributed by atoms with van der Waals surface area (Å²) < 4.78 is 23.2. The van der Waals surface area contributed by atoms with E-state index in [1.807, 2.05) is 0 Å². The molecule has 0 aliphatic rings. The zero-order chi connectivity index (χ0) is 12.5. The average molecular weight is 235 g/mol. The van der Waals surface area contributed by atoms with E-state index in [2.05, 4.69) is 26.6 Å². The second-order valence-electron chi connectivity index (χ2n) is 2.88. The second-order valence-corrected chi connectivity index (χ2v) is 2.88. The predicted molar refractivity (Wildman–Crippen MR) is 59.8 cm³/mol. The van der Waals surface area contributed by atoms with E-state index in [0.29, 0.717) is 5.75 Å². The fourth-order valence-electron chi connectivity index (χ4n) is 1.02. The first-order valence-electron chi connectivity index (χ1n) is 4.69. The molecule has 0 fully saturated rings. The van der Waals surface area contributed by atoms with Crippen molar-refractivity contribution in [2.24, 2.45) is 5.11 Å². The Morgan fingerprint density at radius 2 is 2.35 bits per heavy atom. The number of ether oxygens (including phenoxy) is 2. The van der Waals surface area contributed by atoms with Gasteiger partial charge in [0.2, 0.25) is 0 Å². The molecule has 0 spiro atoms. The number of hydrogen-bond acceptors (Lipinski definition) is 3. The van der Waals surface area contributed by atoms with Crippen LogP contribution in [0.5, 0.6) is 5.75 Å². The van der Waals surface area contributed by atoms with Crippen molar-refractivity contribution in [1.82, 2.24) is 0 Å². The van der Waals surface area contributed by atoms with Crippen molar-refractivity contribution in [3.63, 3.8) is 0 Å². The van der Waals surface area contributed by atoms with Crippen LogP contribution >= 0.6 is 0 Å². The van der Waals surface area contributed by atoms with Crippen LogP contribution in [-0.2, 0) is 4.74 Å². The Bertz CT molecular complexity index is 487. The molecule has 0 aliphatic heterocycles. The van der Waals surface area contributed by atoms with Crippen molar-refractivity contribution < 1.29 is 13.9 Å². The van der Waals surface area contributed by atoms with E-state index in [0.717, 1.165) is 0 Å². The maximum atomic E-state index is 13.5. The Balaban J connectivity index is 2.74. The second kappa shape index (κ2) is 7.12. The molecule has 0 unspecified atom stereocenters. The van der Waals surface area contributed by atoms with E-state index in [1.165, 1.54) is 19.2 Å². The molecule has 0 radical (unpaired) electrons. The van der Waals surface area contributed by atoms with Gasteiger partial charge in [0.25, 0.3) is 0 Å². The van der Waals surface area contributed by atoms with Crippen LogP contribution in [0.2, 0.25) is 0 Å². The van der Waals surface area contributed by atoms with Crippen LogP contribution in [0.15, 0.2) is 23.3 Å². The van der Waals surface area contributed by atoms with Crippen LogP contribution in [0, 0.1) is 17.7 Å². The Morgan fingerprint density at radius 1 is 1.53 bits per heavy atom. The van der Waals surface area contributed by atoms with Crippen LogP contribution in [0.4, 0.5) is 4.39 Å². The quantitative estimate of drug-likeness (QED) is 0.264. The molecule has 0 atom stereocenters. The minimum Gasteiger partial charge on any atom is -0.467 e. The summed E-state index contributed by atoms with van der Waals surface area (Å²) in [5, 5.41) is 3.22. The predicted octanol–water partition coefficient (Wildman–Crippen LogP) is 2.47. The van der Waals surface area contributed by atoms with Gasteiger partial charge in [0.15, 0.2) is 6.79 Å². The molecule has 0 heterocycles. The van der Waals surface area contributed by atoms with Crippen LogP contribution in [0.3, 0.4) is 0 Å². The fraction of sp³-hybridized carbons (Fsp3) is 0.273. The standard InChI is InChI=1S/C11H10FN3O2/c1-16-8-17-10-5-4-9(11(12)7-10)3-2-6-14-15-13/h4-5,7H,6,8H2,1H3. The van der Waals surface area contributed by atoms with E-state index in [1.54, 1.807) is 6.07 Å². The lowest BCUT2D eigenvalue weighted by molar-refractivity contribution is 0.0509. The maximum Gasteiger partial charge on any atom is 0.188 e. The minimum absolute atomic E-state index is 0.0118. The molecule has 0 aliphatic carbocycles. The number of rotatable bonds is 4. The topological polar surface area (TPSA) is 67.2 Å². The van der Waals surface area contributed by atoms with Crippen molar-refractivity contribution in [3.05, 3.63) is 40.0 Å². The third-order valence-electron chi connectivity index (χ3n) is 1.72. The summed E-state index contributed by atoms with van der Waals surface area (Å²) in [6, 6.07) is 4.29. The molecule has 1 rings (SSSR count). The van der Waals surface area contributed by atoms with Crippen LogP contribution in [0.25, 0.3) is 10.4 Å². The summed E-state index contributed by atoms with van der Waals surface area (Å²) in [5.74, 6) is 4.96. The minimum atomic E-state index is -0.493. The molecule has 1 aromatic carbocycles. The third kappa shape index (κ3) is 4.43. The molecular formula is C11H10FN3O2. The van der Waals surface area contributed by atoms with Crippen molar-refractivity contribution in [2.75, 3.05) is 20.4 Å². The van der Waals surface area contributed by atoms with Gasteiger partial charge < -0.3 is 9.47 Å². The number of methoxy groups -OCH3 is 1. The van der Waals surface area contributed by atoms with E-state index in [-0.39, 0.29) is 18.9 Å². The fourth-order valence-corrected chi connectivity index (χ4v) is 1.02. The van der Waals surface area contributed by atoms with E-state index >= 15 is 0 Å². The highest BCUT2D eigenvalue weighted by molar-refractivity contribution is 5.39. The molecule has 17 heavy (non-hydrogen) atoms. The average Bonchev–Trinajstić information content (AvgIpc) is 2.34. The number of azide groups is 1. The normalized spacial score (nSPS) is 8.82. The van der Waals surface area contributed by atoms with Crippen molar-refractivity contribution >= 4 is 0 Å². The Morgan fingerprint density at radius 3 is 3.00 bits per heavy atom. The molecule has 88 valence electrons. The molecule has 0 aromatic heterocycles. The largest absolute Gasteiger partial charge is 0.467 e. The Labute approximate surface area is 97.8 Å². The summed E-state index contributed by atoms with van der Waals surface area (Å²) in [6.07, 6.45) is 0. The molecule has 6 heteroatoms. The summed E-state index contributed by atoms with van der Waals surface area (Å²) in [5.41, 5.74) is 8.25.